The second-order valence-electron chi connectivity index (χ2n) is 8.92. The first-order valence-corrected chi connectivity index (χ1v) is 15.2. The summed E-state index contributed by atoms with van der Waals surface area (Å²) in [6.45, 7) is 5.61. The Morgan fingerprint density at radius 2 is 1.61 bits per heavy atom. The average Bonchev–Trinajstić information content (AvgIpc) is 2.89. The quantitative estimate of drug-likeness (QED) is 0.287. The Kier molecular flexibility index (Phi) is 10.5. The smallest absolute Gasteiger partial charge is 0.264 e. The molecule has 0 aliphatic heterocycles. The van der Waals surface area contributed by atoms with Crippen LogP contribution < -0.4 is 9.62 Å². The van der Waals surface area contributed by atoms with Crippen LogP contribution in [0, 0.1) is 6.92 Å². The molecule has 0 fully saturated rings. The molecule has 3 aromatic rings. The number of nitrogens with zero attached hydrogens (tertiary/aromatic N) is 2. The fourth-order valence-corrected chi connectivity index (χ4v) is 5.91. The van der Waals surface area contributed by atoms with E-state index in [2.05, 4.69) is 37.2 Å². The molecule has 0 saturated heterocycles. The van der Waals surface area contributed by atoms with E-state index in [1.807, 2.05) is 38.1 Å². The van der Waals surface area contributed by atoms with Crippen molar-refractivity contribution in [3.8, 4) is 0 Å². The van der Waals surface area contributed by atoms with Crippen LogP contribution in [0.4, 0.5) is 5.69 Å². The first-order valence-electron chi connectivity index (χ1n) is 12.2. The monoisotopic (exact) mass is 663 g/mol. The standard InChI is InChI=1S/C28H31Br2N3O4S/c1-4-16-31-28(35)21(3)32(18-22-6-5-7-24(30)17-22)27(34)19-33(25-12-10-23(29)11-13-25)38(36,37)26-14-8-20(2)9-15-26/h5-15,17,21H,4,16,18-19H2,1-3H3,(H,31,35)/t21-/m0/s1. The van der Waals surface area contributed by atoms with Gasteiger partial charge in [-0.15, -0.1) is 0 Å². The number of hydrogen-bond acceptors (Lipinski definition) is 4. The van der Waals surface area contributed by atoms with Gasteiger partial charge in [-0.25, -0.2) is 8.42 Å². The van der Waals surface area contributed by atoms with Gasteiger partial charge in [0, 0.05) is 22.0 Å². The van der Waals surface area contributed by atoms with E-state index in [9.17, 15) is 18.0 Å². The van der Waals surface area contributed by atoms with Gasteiger partial charge in [-0.2, -0.15) is 0 Å². The van der Waals surface area contributed by atoms with Crippen molar-refractivity contribution in [1.82, 2.24) is 10.2 Å². The normalized spacial score (nSPS) is 12.0. The highest BCUT2D eigenvalue weighted by Crippen LogP contribution is 2.26. The molecule has 7 nitrogen and oxygen atoms in total. The second kappa shape index (κ2) is 13.4. The van der Waals surface area contributed by atoms with Crippen molar-refractivity contribution in [1.29, 1.82) is 0 Å². The largest absolute Gasteiger partial charge is 0.354 e. The third-order valence-electron chi connectivity index (χ3n) is 5.96. The lowest BCUT2D eigenvalue weighted by atomic mass is 10.1. The Bertz CT molecular complexity index is 1360. The Labute approximate surface area is 241 Å². The molecule has 38 heavy (non-hydrogen) atoms. The average molecular weight is 665 g/mol. The van der Waals surface area contributed by atoms with E-state index in [1.165, 1.54) is 17.0 Å². The molecule has 10 heteroatoms. The summed E-state index contributed by atoms with van der Waals surface area (Å²) in [5.41, 5.74) is 2.06. The molecule has 0 aliphatic carbocycles. The maximum Gasteiger partial charge on any atom is 0.264 e. The number of halogens is 2. The Morgan fingerprint density at radius 1 is 0.947 bits per heavy atom. The zero-order valence-corrected chi connectivity index (χ0v) is 25.5. The topological polar surface area (TPSA) is 86.8 Å². The van der Waals surface area contributed by atoms with Crippen LogP contribution in [-0.2, 0) is 26.2 Å². The number of amides is 2. The lowest BCUT2D eigenvalue weighted by molar-refractivity contribution is -0.139. The van der Waals surface area contributed by atoms with Gasteiger partial charge in [0.2, 0.25) is 11.8 Å². The van der Waals surface area contributed by atoms with Crippen LogP contribution in [0.2, 0.25) is 0 Å². The number of carbonyl (C=O) groups is 2. The number of hydrogen-bond donors (Lipinski definition) is 1. The van der Waals surface area contributed by atoms with Crippen molar-refractivity contribution in [3.05, 3.63) is 92.9 Å². The first-order chi connectivity index (χ1) is 18.0. The van der Waals surface area contributed by atoms with Gasteiger partial charge in [0.15, 0.2) is 0 Å². The molecule has 1 N–H and O–H groups in total. The Morgan fingerprint density at radius 3 is 2.21 bits per heavy atom. The van der Waals surface area contributed by atoms with Gasteiger partial charge in [-0.1, -0.05) is 68.6 Å². The minimum Gasteiger partial charge on any atom is -0.354 e. The van der Waals surface area contributed by atoms with Crippen LogP contribution in [0.1, 0.15) is 31.4 Å². The predicted octanol–water partition coefficient (Wildman–Crippen LogP) is 5.66. The molecule has 0 unspecified atom stereocenters. The maximum atomic E-state index is 13.9. The number of carbonyl (C=O) groups excluding carboxylic acids is 2. The van der Waals surface area contributed by atoms with Gasteiger partial charge in [0.05, 0.1) is 10.6 Å². The number of rotatable bonds is 11. The highest BCUT2D eigenvalue weighted by molar-refractivity contribution is 9.10. The van der Waals surface area contributed by atoms with Gasteiger partial charge in [-0.05, 0) is 74.4 Å². The Balaban J connectivity index is 2.01. The minimum atomic E-state index is -4.09. The van der Waals surface area contributed by atoms with E-state index in [4.69, 9.17) is 0 Å². The zero-order valence-electron chi connectivity index (χ0n) is 21.5. The lowest BCUT2D eigenvalue weighted by Crippen LogP contribution is -2.51. The lowest BCUT2D eigenvalue weighted by Gasteiger charge is -2.32. The summed E-state index contributed by atoms with van der Waals surface area (Å²) < 4.78 is 30.3. The van der Waals surface area contributed by atoms with E-state index in [-0.39, 0.29) is 17.3 Å². The maximum absolute atomic E-state index is 13.9. The first kappa shape index (κ1) is 29.9. The number of aryl methyl sites for hydroxylation is 1. The number of anilines is 1. The molecule has 0 saturated carbocycles. The number of nitrogens with one attached hydrogen (secondary N) is 1. The molecule has 0 aliphatic rings. The molecule has 0 heterocycles. The molecule has 3 aromatic carbocycles. The zero-order chi connectivity index (χ0) is 27.9. The molecule has 1 atom stereocenters. The van der Waals surface area contributed by atoms with Crippen molar-refractivity contribution < 1.29 is 18.0 Å². The number of benzene rings is 3. The SMILES string of the molecule is CCCNC(=O)[C@H](C)N(Cc1cccc(Br)c1)C(=O)CN(c1ccc(Br)cc1)S(=O)(=O)c1ccc(C)cc1. The van der Waals surface area contributed by atoms with Crippen LogP contribution in [0.15, 0.2) is 86.6 Å². The molecule has 2 amide bonds. The Hall–Kier alpha value is -2.69. The van der Waals surface area contributed by atoms with E-state index < -0.39 is 28.5 Å². The molecular formula is C28H31Br2N3O4S. The summed E-state index contributed by atoms with van der Waals surface area (Å²) >= 11 is 6.83. The summed E-state index contributed by atoms with van der Waals surface area (Å²) in [6, 6.07) is 19.8. The summed E-state index contributed by atoms with van der Waals surface area (Å²) in [5, 5.41) is 2.84. The summed E-state index contributed by atoms with van der Waals surface area (Å²) in [6.07, 6.45) is 0.754. The van der Waals surface area contributed by atoms with Gasteiger partial charge in [0.1, 0.15) is 12.6 Å². The fourth-order valence-electron chi connectivity index (χ4n) is 3.78. The van der Waals surface area contributed by atoms with Crippen LogP contribution in [-0.4, -0.2) is 44.3 Å². The molecule has 202 valence electrons. The van der Waals surface area contributed by atoms with Gasteiger partial charge in [0.25, 0.3) is 10.0 Å². The van der Waals surface area contributed by atoms with Crippen molar-refractivity contribution >= 4 is 59.4 Å². The van der Waals surface area contributed by atoms with Crippen LogP contribution >= 0.6 is 31.9 Å². The van der Waals surface area contributed by atoms with Crippen LogP contribution in [0.5, 0.6) is 0 Å². The summed E-state index contributed by atoms with van der Waals surface area (Å²) in [4.78, 5) is 28.2. The predicted molar refractivity (Wildman–Crippen MR) is 157 cm³/mol. The summed E-state index contributed by atoms with van der Waals surface area (Å²) in [5.74, 6) is -0.797. The van der Waals surface area contributed by atoms with Crippen molar-refractivity contribution in [2.75, 3.05) is 17.4 Å². The van der Waals surface area contributed by atoms with Crippen molar-refractivity contribution in [2.24, 2.45) is 0 Å². The van der Waals surface area contributed by atoms with E-state index in [1.54, 1.807) is 43.3 Å². The third kappa shape index (κ3) is 7.68. The summed E-state index contributed by atoms with van der Waals surface area (Å²) in [7, 11) is -4.09. The van der Waals surface area contributed by atoms with Crippen molar-refractivity contribution in [2.45, 2.75) is 44.7 Å². The van der Waals surface area contributed by atoms with E-state index in [0.29, 0.717) is 12.2 Å². The third-order valence-corrected chi connectivity index (χ3v) is 8.77. The van der Waals surface area contributed by atoms with Crippen LogP contribution in [0.25, 0.3) is 0 Å². The van der Waals surface area contributed by atoms with E-state index in [0.717, 1.165) is 30.8 Å². The second-order valence-corrected chi connectivity index (χ2v) is 12.6. The molecule has 0 radical (unpaired) electrons. The van der Waals surface area contributed by atoms with Gasteiger partial charge < -0.3 is 10.2 Å². The number of sulfonamides is 1. The molecular weight excluding hydrogens is 634 g/mol. The van der Waals surface area contributed by atoms with E-state index >= 15 is 0 Å². The van der Waals surface area contributed by atoms with Gasteiger partial charge >= 0.3 is 0 Å². The van der Waals surface area contributed by atoms with Crippen LogP contribution in [0.3, 0.4) is 0 Å². The van der Waals surface area contributed by atoms with Gasteiger partial charge in [-0.3, -0.25) is 13.9 Å². The highest BCUT2D eigenvalue weighted by Gasteiger charge is 2.32. The fraction of sp³-hybridized carbons (Fsp3) is 0.286. The minimum absolute atomic E-state index is 0.0751. The highest BCUT2D eigenvalue weighted by atomic mass is 79.9. The molecule has 0 bridgehead atoms. The molecule has 0 spiro atoms. The van der Waals surface area contributed by atoms with Crippen molar-refractivity contribution in [3.63, 3.8) is 0 Å². The molecule has 3 rings (SSSR count). The molecule has 0 aromatic heterocycles.